The number of nitrogens with zero attached hydrogens (tertiary/aromatic N) is 1. The molecule has 0 saturated carbocycles. The SMILES string of the molecule is COc1ccc(-c2ncsc2CN)cc1C. The van der Waals surface area contributed by atoms with Gasteiger partial charge in [0, 0.05) is 17.0 Å². The summed E-state index contributed by atoms with van der Waals surface area (Å²) in [6.45, 7) is 2.56. The molecule has 84 valence electrons. The Bertz CT molecular complexity index is 494. The van der Waals surface area contributed by atoms with Crippen LogP contribution in [0.15, 0.2) is 23.7 Å². The number of ether oxygens (including phenoxy) is 1. The molecule has 2 rings (SSSR count). The van der Waals surface area contributed by atoms with Gasteiger partial charge in [0.05, 0.1) is 18.3 Å². The molecule has 0 unspecified atom stereocenters. The van der Waals surface area contributed by atoms with Gasteiger partial charge in [-0.1, -0.05) is 0 Å². The Morgan fingerprint density at radius 1 is 1.44 bits per heavy atom. The Morgan fingerprint density at radius 3 is 2.88 bits per heavy atom. The molecule has 0 spiro atoms. The molecule has 1 aromatic carbocycles. The Hall–Kier alpha value is -1.39. The van der Waals surface area contributed by atoms with Crippen LogP contribution in [0.25, 0.3) is 11.3 Å². The standard InChI is InChI=1S/C12H14N2OS/c1-8-5-9(3-4-10(8)15-2)12-11(6-13)16-7-14-12/h3-5,7H,6,13H2,1-2H3. The fourth-order valence-electron chi connectivity index (χ4n) is 1.68. The van der Waals surface area contributed by atoms with Crippen LogP contribution in [0.1, 0.15) is 10.4 Å². The summed E-state index contributed by atoms with van der Waals surface area (Å²) in [7, 11) is 1.68. The molecule has 0 aliphatic heterocycles. The van der Waals surface area contributed by atoms with Crippen LogP contribution >= 0.6 is 11.3 Å². The number of aromatic nitrogens is 1. The van der Waals surface area contributed by atoms with Crippen LogP contribution in [0.5, 0.6) is 5.75 Å². The molecule has 0 aliphatic carbocycles. The highest BCUT2D eigenvalue weighted by molar-refractivity contribution is 7.10. The lowest BCUT2D eigenvalue weighted by Crippen LogP contribution is -1.96. The van der Waals surface area contributed by atoms with Gasteiger partial charge in [-0.2, -0.15) is 0 Å². The summed E-state index contributed by atoms with van der Waals surface area (Å²) in [4.78, 5) is 5.47. The predicted molar refractivity (Wildman–Crippen MR) is 66.7 cm³/mol. The average Bonchev–Trinajstić information content (AvgIpc) is 2.77. The summed E-state index contributed by atoms with van der Waals surface area (Å²) in [6, 6.07) is 6.05. The van der Waals surface area contributed by atoms with Gasteiger partial charge in [-0.25, -0.2) is 4.98 Å². The van der Waals surface area contributed by atoms with Crippen LogP contribution in [-0.2, 0) is 6.54 Å². The maximum absolute atomic E-state index is 5.67. The average molecular weight is 234 g/mol. The smallest absolute Gasteiger partial charge is 0.121 e. The Morgan fingerprint density at radius 2 is 2.25 bits per heavy atom. The van der Waals surface area contributed by atoms with Crippen molar-refractivity contribution in [2.24, 2.45) is 5.73 Å². The third-order valence-corrected chi connectivity index (χ3v) is 3.35. The van der Waals surface area contributed by atoms with Crippen molar-refractivity contribution in [2.45, 2.75) is 13.5 Å². The predicted octanol–water partition coefficient (Wildman–Crippen LogP) is 2.59. The summed E-state index contributed by atoms with van der Waals surface area (Å²) in [5, 5.41) is 0. The number of thiazole rings is 1. The van der Waals surface area contributed by atoms with E-state index in [0.717, 1.165) is 27.4 Å². The van der Waals surface area contributed by atoms with Crippen molar-refractivity contribution in [3.05, 3.63) is 34.2 Å². The summed E-state index contributed by atoms with van der Waals surface area (Å²) in [5.74, 6) is 0.897. The van der Waals surface area contributed by atoms with E-state index >= 15 is 0 Å². The molecule has 3 nitrogen and oxygen atoms in total. The molecular weight excluding hydrogens is 220 g/mol. The number of nitrogens with two attached hydrogens (primary N) is 1. The highest BCUT2D eigenvalue weighted by Gasteiger charge is 2.08. The minimum atomic E-state index is 0.533. The van der Waals surface area contributed by atoms with Gasteiger partial charge in [-0.05, 0) is 30.7 Å². The summed E-state index contributed by atoms with van der Waals surface area (Å²) >= 11 is 1.59. The van der Waals surface area contributed by atoms with E-state index in [1.165, 1.54) is 0 Å². The first-order chi connectivity index (χ1) is 7.76. The normalized spacial score (nSPS) is 10.4. The Balaban J connectivity index is 2.45. The van der Waals surface area contributed by atoms with Crippen LogP contribution in [0.2, 0.25) is 0 Å². The quantitative estimate of drug-likeness (QED) is 0.888. The van der Waals surface area contributed by atoms with E-state index in [2.05, 4.69) is 11.1 Å². The first kappa shape index (κ1) is 11.1. The number of benzene rings is 1. The van der Waals surface area contributed by atoms with E-state index in [-0.39, 0.29) is 0 Å². The van der Waals surface area contributed by atoms with E-state index < -0.39 is 0 Å². The molecule has 2 aromatic rings. The third-order valence-electron chi connectivity index (χ3n) is 2.49. The molecule has 0 bridgehead atoms. The molecule has 0 saturated heterocycles. The van der Waals surface area contributed by atoms with Crippen molar-refractivity contribution in [2.75, 3.05) is 7.11 Å². The zero-order chi connectivity index (χ0) is 11.5. The number of aryl methyl sites for hydroxylation is 1. The molecule has 1 aromatic heterocycles. The molecular formula is C12H14N2OS. The monoisotopic (exact) mass is 234 g/mol. The maximum atomic E-state index is 5.67. The second kappa shape index (κ2) is 4.63. The maximum Gasteiger partial charge on any atom is 0.121 e. The Kier molecular flexibility index (Phi) is 3.22. The van der Waals surface area contributed by atoms with Gasteiger partial charge in [0.25, 0.3) is 0 Å². The molecule has 0 amide bonds. The fraction of sp³-hybridized carbons (Fsp3) is 0.250. The van der Waals surface area contributed by atoms with E-state index in [0.29, 0.717) is 6.54 Å². The lowest BCUT2D eigenvalue weighted by Gasteiger charge is -2.06. The summed E-state index contributed by atoms with van der Waals surface area (Å²) in [5.41, 5.74) is 10.7. The third kappa shape index (κ3) is 1.94. The fourth-order valence-corrected chi connectivity index (χ4v) is 2.34. The largest absolute Gasteiger partial charge is 0.496 e. The van der Waals surface area contributed by atoms with Crippen molar-refractivity contribution in [1.82, 2.24) is 4.98 Å². The summed E-state index contributed by atoms with van der Waals surface area (Å²) < 4.78 is 5.23. The van der Waals surface area contributed by atoms with Gasteiger partial charge < -0.3 is 10.5 Å². The van der Waals surface area contributed by atoms with Crippen LogP contribution < -0.4 is 10.5 Å². The van der Waals surface area contributed by atoms with Gasteiger partial charge in [0.2, 0.25) is 0 Å². The second-order valence-corrected chi connectivity index (χ2v) is 4.45. The topological polar surface area (TPSA) is 48.1 Å². The molecule has 1 heterocycles. The molecule has 16 heavy (non-hydrogen) atoms. The van der Waals surface area contributed by atoms with Gasteiger partial charge in [-0.15, -0.1) is 11.3 Å². The van der Waals surface area contributed by atoms with Crippen molar-refractivity contribution in [1.29, 1.82) is 0 Å². The second-order valence-electron chi connectivity index (χ2n) is 3.51. The van der Waals surface area contributed by atoms with Crippen LogP contribution in [-0.4, -0.2) is 12.1 Å². The van der Waals surface area contributed by atoms with Crippen molar-refractivity contribution < 1.29 is 4.74 Å². The van der Waals surface area contributed by atoms with Crippen molar-refractivity contribution in [3.8, 4) is 17.0 Å². The number of hydrogen-bond acceptors (Lipinski definition) is 4. The van der Waals surface area contributed by atoms with Crippen LogP contribution in [0.4, 0.5) is 0 Å². The minimum absolute atomic E-state index is 0.533. The van der Waals surface area contributed by atoms with Gasteiger partial charge in [0.15, 0.2) is 0 Å². The molecule has 0 radical (unpaired) electrons. The van der Waals surface area contributed by atoms with Gasteiger partial charge in [-0.3, -0.25) is 0 Å². The Labute approximate surface area is 98.9 Å². The van der Waals surface area contributed by atoms with Crippen molar-refractivity contribution in [3.63, 3.8) is 0 Å². The highest BCUT2D eigenvalue weighted by Crippen LogP contribution is 2.28. The highest BCUT2D eigenvalue weighted by atomic mass is 32.1. The minimum Gasteiger partial charge on any atom is -0.496 e. The molecule has 4 heteroatoms. The van der Waals surface area contributed by atoms with Crippen molar-refractivity contribution >= 4 is 11.3 Å². The number of hydrogen-bond donors (Lipinski definition) is 1. The van der Waals surface area contributed by atoms with E-state index in [1.807, 2.05) is 24.6 Å². The summed E-state index contributed by atoms with van der Waals surface area (Å²) in [6.07, 6.45) is 0. The molecule has 2 N–H and O–H groups in total. The molecule has 0 fully saturated rings. The lowest BCUT2D eigenvalue weighted by molar-refractivity contribution is 0.412. The number of methoxy groups -OCH3 is 1. The van der Waals surface area contributed by atoms with E-state index in [1.54, 1.807) is 18.4 Å². The molecule has 0 aliphatic rings. The lowest BCUT2D eigenvalue weighted by atomic mass is 10.1. The van der Waals surface area contributed by atoms with Crippen LogP contribution in [0.3, 0.4) is 0 Å². The first-order valence-corrected chi connectivity index (χ1v) is 5.91. The number of rotatable bonds is 3. The zero-order valence-electron chi connectivity index (χ0n) is 9.36. The zero-order valence-corrected chi connectivity index (χ0v) is 10.2. The van der Waals surface area contributed by atoms with E-state index in [9.17, 15) is 0 Å². The van der Waals surface area contributed by atoms with E-state index in [4.69, 9.17) is 10.5 Å². The van der Waals surface area contributed by atoms with Gasteiger partial charge >= 0.3 is 0 Å². The van der Waals surface area contributed by atoms with Gasteiger partial charge in [0.1, 0.15) is 5.75 Å². The van der Waals surface area contributed by atoms with Crippen LogP contribution in [0, 0.1) is 6.92 Å². The first-order valence-electron chi connectivity index (χ1n) is 5.03. The molecule has 0 atom stereocenters.